The zero-order valence-electron chi connectivity index (χ0n) is 9.80. The van der Waals surface area contributed by atoms with Crippen LogP contribution in [0.2, 0.25) is 0 Å². The summed E-state index contributed by atoms with van der Waals surface area (Å²) in [6.07, 6.45) is 6.98. The first-order valence-corrected chi connectivity index (χ1v) is 6.37. The summed E-state index contributed by atoms with van der Waals surface area (Å²) >= 11 is 0. The molecule has 0 aromatic heterocycles. The van der Waals surface area contributed by atoms with Gasteiger partial charge in [-0.3, -0.25) is 0 Å². The molecule has 3 nitrogen and oxygen atoms in total. The predicted octanol–water partition coefficient (Wildman–Crippen LogP) is 1.14. The van der Waals surface area contributed by atoms with Gasteiger partial charge in [-0.2, -0.15) is 0 Å². The van der Waals surface area contributed by atoms with Gasteiger partial charge in [0, 0.05) is 13.2 Å². The average molecular weight is 212 g/mol. The molecule has 1 heterocycles. The molecule has 0 aromatic rings. The number of hydrogen-bond acceptors (Lipinski definition) is 3. The lowest BCUT2D eigenvalue weighted by Gasteiger charge is -2.26. The molecule has 1 saturated heterocycles. The van der Waals surface area contributed by atoms with Crippen molar-refractivity contribution in [3.63, 3.8) is 0 Å². The molecule has 2 fully saturated rings. The van der Waals surface area contributed by atoms with Crippen molar-refractivity contribution in [3.8, 4) is 0 Å². The monoisotopic (exact) mass is 212 g/mol. The highest BCUT2D eigenvalue weighted by Crippen LogP contribution is 2.22. The van der Waals surface area contributed by atoms with Crippen molar-refractivity contribution < 1.29 is 4.74 Å². The maximum Gasteiger partial charge on any atom is 0.0724 e. The second-order valence-corrected chi connectivity index (χ2v) is 4.91. The third-order valence-corrected chi connectivity index (χ3v) is 3.88. The molecule has 2 atom stereocenters. The Morgan fingerprint density at radius 1 is 1.20 bits per heavy atom. The number of nitrogens with one attached hydrogen (secondary N) is 2. The number of methoxy groups -OCH3 is 1. The third-order valence-electron chi connectivity index (χ3n) is 3.88. The van der Waals surface area contributed by atoms with Gasteiger partial charge in [-0.1, -0.05) is 0 Å². The van der Waals surface area contributed by atoms with E-state index >= 15 is 0 Å². The van der Waals surface area contributed by atoms with Crippen LogP contribution in [0.25, 0.3) is 0 Å². The topological polar surface area (TPSA) is 33.3 Å². The molecule has 0 radical (unpaired) electrons. The van der Waals surface area contributed by atoms with Gasteiger partial charge in [-0.25, -0.2) is 0 Å². The summed E-state index contributed by atoms with van der Waals surface area (Å²) in [6.45, 7) is 3.58. The Balaban J connectivity index is 1.67. The van der Waals surface area contributed by atoms with Crippen LogP contribution in [0.4, 0.5) is 0 Å². The first-order chi connectivity index (χ1) is 7.40. The van der Waals surface area contributed by atoms with Crippen molar-refractivity contribution in [1.82, 2.24) is 10.6 Å². The maximum absolute atomic E-state index is 5.49. The van der Waals surface area contributed by atoms with Crippen molar-refractivity contribution in [2.45, 2.75) is 44.2 Å². The predicted molar refractivity (Wildman–Crippen MR) is 62.0 cm³/mol. The van der Waals surface area contributed by atoms with Crippen LogP contribution in [0.5, 0.6) is 0 Å². The lowest BCUT2D eigenvalue weighted by atomic mass is 9.98. The van der Waals surface area contributed by atoms with Crippen molar-refractivity contribution in [2.75, 3.05) is 26.7 Å². The lowest BCUT2D eigenvalue weighted by Crippen LogP contribution is -2.41. The minimum absolute atomic E-state index is 0.465. The van der Waals surface area contributed by atoms with Gasteiger partial charge in [-0.05, 0) is 57.7 Å². The number of hydrogen-bond donors (Lipinski definition) is 2. The van der Waals surface area contributed by atoms with Crippen LogP contribution < -0.4 is 10.6 Å². The quantitative estimate of drug-likeness (QED) is 0.733. The number of piperidine rings is 1. The van der Waals surface area contributed by atoms with Gasteiger partial charge in [0.1, 0.15) is 0 Å². The van der Waals surface area contributed by atoms with Gasteiger partial charge in [-0.15, -0.1) is 0 Å². The summed E-state index contributed by atoms with van der Waals surface area (Å²) in [7, 11) is 1.84. The molecule has 0 amide bonds. The second kappa shape index (κ2) is 5.83. The molecule has 0 aromatic carbocycles. The van der Waals surface area contributed by atoms with Gasteiger partial charge >= 0.3 is 0 Å². The third kappa shape index (κ3) is 3.16. The highest BCUT2D eigenvalue weighted by Gasteiger charge is 2.27. The van der Waals surface area contributed by atoms with Crippen LogP contribution in [0.15, 0.2) is 0 Å². The molecule has 1 aliphatic heterocycles. The zero-order valence-corrected chi connectivity index (χ0v) is 9.80. The second-order valence-electron chi connectivity index (χ2n) is 4.91. The van der Waals surface area contributed by atoms with E-state index in [-0.39, 0.29) is 0 Å². The van der Waals surface area contributed by atoms with E-state index in [1.807, 2.05) is 7.11 Å². The van der Waals surface area contributed by atoms with E-state index in [1.165, 1.54) is 51.7 Å². The van der Waals surface area contributed by atoms with E-state index in [0.29, 0.717) is 12.1 Å². The molecule has 2 aliphatic rings. The Hall–Kier alpha value is -0.120. The van der Waals surface area contributed by atoms with Gasteiger partial charge in [0.05, 0.1) is 6.10 Å². The normalized spacial score (nSPS) is 33.4. The summed E-state index contributed by atoms with van der Waals surface area (Å²) in [5, 5.41) is 7.11. The van der Waals surface area contributed by atoms with Crippen LogP contribution in [-0.4, -0.2) is 38.9 Å². The van der Waals surface area contributed by atoms with Gasteiger partial charge in [0.2, 0.25) is 0 Å². The first kappa shape index (κ1) is 11.4. The molecule has 88 valence electrons. The van der Waals surface area contributed by atoms with E-state index in [9.17, 15) is 0 Å². The smallest absolute Gasteiger partial charge is 0.0724 e. The lowest BCUT2D eigenvalue weighted by molar-refractivity contribution is 0.0832. The first-order valence-electron chi connectivity index (χ1n) is 6.37. The van der Waals surface area contributed by atoms with E-state index in [1.54, 1.807) is 0 Å². The summed E-state index contributed by atoms with van der Waals surface area (Å²) in [4.78, 5) is 0. The fourth-order valence-corrected chi connectivity index (χ4v) is 2.85. The van der Waals surface area contributed by atoms with Gasteiger partial charge in [0.25, 0.3) is 0 Å². The Morgan fingerprint density at radius 2 is 2.00 bits per heavy atom. The molecule has 15 heavy (non-hydrogen) atoms. The standard InChI is InChI=1S/C12H24N2O/c1-15-12-4-2-3-11(12)14-9-10-5-7-13-8-6-10/h10-14H,2-9H2,1H3. The molecule has 0 bridgehead atoms. The fraction of sp³-hybridized carbons (Fsp3) is 1.00. The van der Waals surface area contributed by atoms with E-state index < -0.39 is 0 Å². The number of ether oxygens (including phenoxy) is 1. The van der Waals surface area contributed by atoms with Crippen LogP contribution in [0.3, 0.4) is 0 Å². The van der Waals surface area contributed by atoms with Gasteiger partial charge in [0.15, 0.2) is 0 Å². The molecule has 2 rings (SSSR count). The van der Waals surface area contributed by atoms with Crippen LogP contribution >= 0.6 is 0 Å². The molecular weight excluding hydrogens is 188 g/mol. The minimum Gasteiger partial charge on any atom is -0.380 e. The van der Waals surface area contributed by atoms with Crippen molar-refractivity contribution in [1.29, 1.82) is 0 Å². The van der Waals surface area contributed by atoms with Crippen molar-refractivity contribution >= 4 is 0 Å². The number of rotatable bonds is 4. The summed E-state index contributed by atoms with van der Waals surface area (Å²) in [5.74, 6) is 0.879. The Kier molecular flexibility index (Phi) is 4.42. The largest absolute Gasteiger partial charge is 0.380 e. The Morgan fingerprint density at radius 3 is 2.73 bits per heavy atom. The SMILES string of the molecule is COC1CCCC1NCC1CCNCC1. The molecule has 1 aliphatic carbocycles. The highest BCUT2D eigenvalue weighted by atomic mass is 16.5. The Labute approximate surface area is 93.0 Å². The van der Waals surface area contributed by atoms with Crippen LogP contribution in [-0.2, 0) is 4.74 Å². The van der Waals surface area contributed by atoms with Crippen LogP contribution in [0.1, 0.15) is 32.1 Å². The molecule has 2 N–H and O–H groups in total. The summed E-state index contributed by atoms with van der Waals surface area (Å²) in [6, 6.07) is 0.616. The summed E-state index contributed by atoms with van der Waals surface area (Å²) in [5.41, 5.74) is 0. The van der Waals surface area contributed by atoms with Gasteiger partial charge < -0.3 is 15.4 Å². The van der Waals surface area contributed by atoms with E-state index in [2.05, 4.69) is 10.6 Å². The molecule has 3 heteroatoms. The van der Waals surface area contributed by atoms with Crippen molar-refractivity contribution in [3.05, 3.63) is 0 Å². The molecule has 0 spiro atoms. The fourth-order valence-electron chi connectivity index (χ4n) is 2.85. The molecule has 1 saturated carbocycles. The van der Waals surface area contributed by atoms with E-state index in [4.69, 9.17) is 4.74 Å². The van der Waals surface area contributed by atoms with Crippen molar-refractivity contribution in [2.24, 2.45) is 5.92 Å². The molecular formula is C12H24N2O. The average Bonchev–Trinajstić information content (AvgIpc) is 2.75. The van der Waals surface area contributed by atoms with E-state index in [0.717, 1.165) is 5.92 Å². The molecule has 2 unspecified atom stereocenters. The van der Waals surface area contributed by atoms with Crippen LogP contribution in [0, 0.1) is 5.92 Å². The highest BCUT2D eigenvalue weighted by molar-refractivity contribution is 4.85. The summed E-state index contributed by atoms with van der Waals surface area (Å²) < 4.78 is 5.49. The minimum atomic E-state index is 0.465. The Bertz CT molecular complexity index is 180. The maximum atomic E-state index is 5.49. The zero-order chi connectivity index (χ0) is 10.5.